The summed E-state index contributed by atoms with van der Waals surface area (Å²) in [6.07, 6.45) is -3.42. The number of hydrogen-bond donors (Lipinski definition) is 2. The molecule has 19 heavy (non-hydrogen) atoms. The lowest BCUT2D eigenvalue weighted by Crippen LogP contribution is -2.52. The van der Waals surface area contributed by atoms with Crippen LogP contribution in [-0.4, -0.2) is 54.7 Å². The third-order valence-electron chi connectivity index (χ3n) is 2.88. The Labute approximate surface area is 107 Å². The number of rotatable bonds is 5. The van der Waals surface area contributed by atoms with Gasteiger partial charge in [-0.15, -0.1) is 0 Å². The van der Waals surface area contributed by atoms with Gasteiger partial charge in [0.05, 0.1) is 6.54 Å². The Kier molecular flexibility index (Phi) is 5.10. The van der Waals surface area contributed by atoms with Crippen LogP contribution in [0.2, 0.25) is 0 Å². The Bertz CT molecular complexity index is 344. The molecule has 9 heteroatoms. The number of nitrogens with zero attached hydrogens (tertiary/aromatic N) is 1. The second-order valence-electron chi connectivity index (χ2n) is 4.41. The first-order valence-electron chi connectivity index (χ1n) is 5.71. The standard InChI is InChI=1S/C10H15F4N3O2/c11-8(12)10(13,14)9(19)16-6-1-3-17(4-2-6)5-7(15)18/h6,8H,1-5H2,(H2,15,18)(H,16,19). The molecule has 0 aliphatic carbocycles. The van der Waals surface area contributed by atoms with Gasteiger partial charge in [0.1, 0.15) is 0 Å². The van der Waals surface area contributed by atoms with Crippen LogP contribution >= 0.6 is 0 Å². The van der Waals surface area contributed by atoms with Crippen LogP contribution in [-0.2, 0) is 9.59 Å². The van der Waals surface area contributed by atoms with E-state index >= 15 is 0 Å². The highest BCUT2D eigenvalue weighted by atomic mass is 19.3. The first-order chi connectivity index (χ1) is 8.73. The summed E-state index contributed by atoms with van der Waals surface area (Å²) in [4.78, 5) is 23.4. The SMILES string of the molecule is NC(=O)CN1CCC(NC(=O)C(F)(F)C(F)F)CC1. The highest BCUT2D eigenvalue weighted by Crippen LogP contribution is 2.23. The summed E-state index contributed by atoms with van der Waals surface area (Å²) in [5, 5.41) is 1.90. The Morgan fingerprint density at radius 1 is 1.32 bits per heavy atom. The van der Waals surface area contributed by atoms with Gasteiger partial charge in [-0.3, -0.25) is 14.5 Å². The molecule has 1 aliphatic rings. The number of carbonyl (C=O) groups is 2. The second-order valence-corrected chi connectivity index (χ2v) is 4.41. The van der Waals surface area contributed by atoms with E-state index in [4.69, 9.17) is 5.73 Å². The third-order valence-corrected chi connectivity index (χ3v) is 2.88. The monoisotopic (exact) mass is 285 g/mol. The number of hydrogen-bond acceptors (Lipinski definition) is 3. The maximum atomic E-state index is 12.7. The van der Waals surface area contributed by atoms with E-state index in [1.807, 2.05) is 5.32 Å². The lowest BCUT2D eigenvalue weighted by molar-refractivity contribution is -0.170. The molecule has 3 N–H and O–H groups in total. The number of nitrogens with two attached hydrogens (primary N) is 1. The number of carbonyl (C=O) groups excluding carboxylic acids is 2. The summed E-state index contributed by atoms with van der Waals surface area (Å²) in [7, 11) is 0. The van der Waals surface area contributed by atoms with Crippen molar-refractivity contribution in [3.05, 3.63) is 0 Å². The van der Waals surface area contributed by atoms with Crippen LogP contribution in [0.4, 0.5) is 17.6 Å². The third kappa shape index (κ3) is 4.34. The van der Waals surface area contributed by atoms with E-state index in [1.165, 1.54) is 0 Å². The maximum absolute atomic E-state index is 12.7. The van der Waals surface area contributed by atoms with Gasteiger partial charge in [-0.05, 0) is 12.8 Å². The summed E-state index contributed by atoms with van der Waals surface area (Å²) >= 11 is 0. The first kappa shape index (κ1) is 15.7. The van der Waals surface area contributed by atoms with E-state index in [0.717, 1.165) is 0 Å². The number of primary amides is 1. The van der Waals surface area contributed by atoms with Crippen LogP contribution in [0, 0.1) is 0 Å². The predicted octanol–water partition coefficient (Wildman–Crippen LogP) is -0.0473. The van der Waals surface area contributed by atoms with Crippen LogP contribution in [0.5, 0.6) is 0 Å². The average molecular weight is 285 g/mol. The number of halogens is 4. The molecule has 1 heterocycles. The second kappa shape index (κ2) is 6.18. The van der Waals surface area contributed by atoms with Gasteiger partial charge in [0.15, 0.2) is 0 Å². The topological polar surface area (TPSA) is 75.4 Å². The molecule has 0 aromatic carbocycles. The quantitative estimate of drug-likeness (QED) is 0.696. The van der Waals surface area contributed by atoms with Gasteiger partial charge in [-0.2, -0.15) is 8.78 Å². The Balaban J connectivity index is 2.41. The van der Waals surface area contributed by atoms with Crippen LogP contribution < -0.4 is 11.1 Å². The normalized spacial score (nSPS) is 18.6. The number of likely N-dealkylation sites (tertiary alicyclic amines) is 1. The van der Waals surface area contributed by atoms with Gasteiger partial charge in [-0.25, -0.2) is 8.78 Å². The Hall–Kier alpha value is -1.38. The predicted molar refractivity (Wildman–Crippen MR) is 57.8 cm³/mol. The average Bonchev–Trinajstić information content (AvgIpc) is 2.30. The van der Waals surface area contributed by atoms with Crippen molar-refractivity contribution in [1.82, 2.24) is 10.2 Å². The Morgan fingerprint density at radius 3 is 2.26 bits per heavy atom. The summed E-state index contributed by atoms with van der Waals surface area (Å²) in [6.45, 7) is 0.816. The lowest BCUT2D eigenvalue weighted by atomic mass is 10.0. The lowest BCUT2D eigenvalue weighted by Gasteiger charge is -2.32. The minimum Gasteiger partial charge on any atom is -0.369 e. The molecule has 0 spiro atoms. The highest BCUT2D eigenvalue weighted by molar-refractivity contribution is 5.84. The molecule has 1 rings (SSSR count). The van der Waals surface area contributed by atoms with Crippen LogP contribution in [0.15, 0.2) is 0 Å². The fourth-order valence-corrected chi connectivity index (χ4v) is 1.84. The maximum Gasteiger partial charge on any atom is 0.383 e. The summed E-state index contributed by atoms with van der Waals surface area (Å²) in [5.41, 5.74) is 5.00. The highest BCUT2D eigenvalue weighted by Gasteiger charge is 2.49. The van der Waals surface area contributed by atoms with Crippen molar-refractivity contribution in [1.29, 1.82) is 0 Å². The fourth-order valence-electron chi connectivity index (χ4n) is 1.84. The van der Waals surface area contributed by atoms with E-state index in [0.29, 0.717) is 25.9 Å². The van der Waals surface area contributed by atoms with Gasteiger partial charge in [0.25, 0.3) is 5.91 Å². The van der Waals surface area contributed by atoms with Gasteiger partial charge in [-0.1, -0.05) is 0 Å². The van der Waals surface area contributed by atoms with Crippen LogP contribution in [0.1, 0.15) is 12.8 Å². The van der Waals surface area contributed by atoms with E-state index in [9.17, 15) is 27.2 Å². The minimum atomic E-state index is -4.68. The van der Waals surface area contributed by atoms with E-state index in [1.54, 1.807) is 4.90 Å². The van der Waals surface area contributed by atoms with Crippen LogP contribution in [0.25, 0.3) is 0 Å². The molecule has 1 fully saturated rings. The minimum absolute atomic E-state index is 0.0495. The zero-order valence-corrected chi connectivity index (χ0v) is 10.0. The number of nitrogens with one attached hydrogen (secondary N) is 1. The number of alkyl halides is 4. The molecule has 110 valence electrons. The zero-order chi connectivity index (χ0) is 14.6. The van der Waals surface area contributed by atoms with Crippen molar-refractivity contribution < 1.29 is 27.2 Å². The summed E-state index contributed by atoms with van der Waals surface area (Å²) in [6, 6.07) is -0.596. The van der Waals surface area contributed by atoms with Crippen molar-refractivity contribution in [2.75, 3.05) is 19.6 Å². The van der Waals surface area contributed by atoms with Gasteiger partial charge >= 0.3 is 12.3 Å². The van der Waals surface area contributed by atoms with Crippen molar-refractivity contribution in [3.63, 3.8) is 0 Å². The van der Waals surface area contributed by atoms with Crippen molar-refractivity contribution in [2.24, 2.45) is 5.73 Å². The Morgan fingerprint density at radius 2 is 1.84 bits per heavy atom. The number of amides is 2. The molecule has 0 radical (unpaired) electrons. The molecular formula is C10H15F4N3O2. The molecule has 1 aliphatic heterocycles. The molecule has 2 amide bonds. The van der Waals surface area contributed by atoms with Crippen molar-refractivity contribution in [3.8, 4) is 0 Å². The molecule has 5 nitrogen and oxygen atoms in total. The summed E-state index contributed by atoms with van der Waals surface area (Å²) < 4.78 is 49.3. The molecular weight excluding hydrogens is 270 g/mol. The smallest absolute Gasteiger partial charge is 0.369 e. The molecule has 0 aromatic heterocycles. The van der Waals surface area contributed by atoms with Gasteiger partial charge in [0, 0.05) is 19.1 Å². The van der Waals surface area contributed by atoms with Crippen molar-refractivity contribution >= 4 is 11.8 Å². The first-order valence-corrected chi connectivity index (χ1v) is 5.71. The van der Waals surface area contributed by atoms with Crippen molar-refractivity contribution in [2.45, 2.75) is 31.2 Å². The molecule has 0 atom stereocenters. The largest absolute Gasteiger partial charge is 0.383 e. The molecule has 0 bridgehead atoms. The number of piperidine rings is 1. The molecule has 0 aromatic rings. The van der Waals surface area contributed by atoms with Gasteiger partial charge in [0.2, 0.25) is 5.91 Å². The summed E-state index contributed by atoms with van der Waals surface area (Å²) in [5.74, 6) is -7.15. The van der Waals surface area contributed by atoms with Crippen LogP contribution in [0.3, 0.4) is 0 Å². The molecule has 0 unspecified atom stereocenters. The van der Waals surface area contributed by atoms with E-state index in [2.05, 4.69) is 0 Å². The van der Waals surface area contributed by atoms with Gasteiger partial charge < -0.3 is 11.1 Å². The van der Waals surface area contributed by atoms with E-state index in [-0.39, 0.29) is 6.54 Å². The zero-order valence-electron chi connectivity index (χ0n) is 10.0. The van der Waals surface area contributed by atoms with E-state index < -0.39 is 30.2 Å². The fraction of sp³-hybridized carbons (Fsp3) is 0.800. The molecule has 0 saturated carbocycles. The molecule has 1 saturated heterocycles.